The first-order valence-electron chi connectivity index (χ1n) is 6.05. The van der Waals surface area contributed by atoms with Crippen LogP contribution in [-0.4, -0.2) is 5.91 Å². The molecule has 1 unspecified atom stereocenters. The number of amides is 1. The van der Waals surface area contributed by atoms with Gasteiger partial charge >= 0.3 is 0 Å². The van der Waals surface area contributed by atoms with Crippen LogP contribution in [0.4, 0.5) is 0 Å². The van der Waals surface area contributed by atoms with E-state index in [9.17, 15) is 4.79 Å². The molecule has 2 heteroatoms. The van der Waals surface area contributed by atoms with Crippen LogP contribution in [0.5, 0.6) is 0 Å². The van der Waals surface area contributed by atoms with Crippen molar-refractivity contribution in [3.8, 4) is 0 Å². The van der Waals surface area contributed by atoms with E-state index in [2.05, 4.69) is 12.2 Å². The summed E-state index contributed by atoms with van der Waals surface area (Å²) in [6.45, 7) is 4.78. The Morgan fingerprint density at radius 1 is 1.31 bits per heavy atom. The summed E-state index contributed by atoms with van der Waals surface area (Å²) in [5.74, 6) is 0.293. The predicted octanol–water partition coefficient (Wildman–Crippen LogP) is 3.13. The van der Waals surface area contributed by atoms with E-state index in [-0.39, 0.29) is 11.8 Å². The molecule has 2 nitrogen and oxygen atoms in total. The molecule has 1 N–H and O–H groups in total. The lowest BCUT2D eigenvalue weighted by molar-refractivity contribution is -0.124. The van der Waals surface area contributed by atoms with Crippen molar-refractivity contribution < 1.29 is 4.79 Å². The minimum absolute atomic E-state index is 0.128. The number of nitrogens with one attached hydrogen (secondary N) is 1. The van der Waals surface area contributed by atoms with Gasteiger partial charge in [0.05, 0.1) is 0 Å². The van der Waals surface area contributed by atoms with Crippen LogP contribution in [0.3, 0.4) is 0 Å². The van der Waals surface area contributed by atoms with Gasteiger partial charge in [-0.15, -0.1) is 0 Å². The Hall–Kier alpha value is -1.31. The van der Waals surface area contributed by atoms with Crippen molar-refractivity contribution in [2.24, 2.45) is 5.92 Å². The number of carbonyl (C=O) groups is 1. The van der Waals surface area contributed by atoms with Crippen LogP contribution in [0.25, 0.3) is 0 Å². The van der Waals surface area contributed by atoms with Crippen molar-refractivity contribution in [2.75, 3.05) is 0 Å². The van der Waals surface area contributed by atoms with Gasteiger partial charge < -0.3 is 5.32 Å². The average Bonchev–Trinajstić information content (AvgIpc) is 2.34. The number of hydrogen-bond acceptors (Lipinski definition) is 1. The Balaban J connectivity index is 2.29. The summed E-state index contributed by atoms with van der Waals surface area (Å²) in [6.07, 6.45) is 3.26. The number of carbonyl (C=O) groups excluding carboxylic acids is 1. The fourth-order valence-electron chi connectivity index (χ4n) is 1.60. The van der Waals surface area contributed by atoms with Gasteiger partial charge in [-0.05, 0) is 12.0 Å². The first kappa shape index (κ1) is 12.8. The fourth-order valence-corrected chi connectivity index (χ4v) is 1.60. The smallest absolute Gasteiger partial charge is 0.223 e. The SMILES string of the molecule is CCCCC(C)C(=O)NCc1ccccc1. The molecule has 0 aliphatic rings. The Morgan fingerprint density at radius 3 is 2.62 bits per heavy atom. The van der Waals surface area contributed by atoms with E-state index in [1.54, 1.807) is 0 Å². The van der Waals surface area contributed by atoms with Crippen molar-refractivity contribution in [3.63, 3.8) is 0 Å². The average molecular weight is 219 g/mol. The van der Waals surface area contributed by atoms with Gasteiger partial charge in [-0.25, -0.2) is 0 Å². The van der Waals surface area contributed by atoms with E-state index in [0.717, 1.165) is 24.8 Å². The molecule has 0 aliphatic carbocycles. The zero-order chi connectivity index (χ0) is 11.8. The van der Waals surface area contributed by atoms with Gasteiger partial charge in [0.2, 0.25) is 5.91 Å². The van der Waals surface area contributed by atoms with Crippen molar-refractivity contribution >= 4 is 5.91 Å². The molecule has 1 aromatic carbocycles. The van der Waals surface area contributed by atoms with E-state index in [4.69, 9.17) is 0 Å². The van der Waals surface area contributed by atoms with Gasteiger partial charge in [0.25, 0.3) is 0 Å². The minimum Gasteiger partial charge on any atom is -0.352 e. The zero-order valence-electron chi connectivity index (χ0n) is 10.2. The van der Waals surface area contributed by atoms with Gasteiger partial charge in [0.1, 0.15) is 0 Å². The van der Waals surface area contributed by atoms with E-state index < -0.39 is 0 Å². The summed E-state index contributed by atoms with van der Waals surface area (Å²) in [5, 5.41) is 2.97. The molecule has 0 heterocycles. The largest absolute Gasteiger partial charge is 0.352 e. The highest BCUT2D eigenvalue weighted by Crippen LogP contribution is 2.08. The van der Waals surface area contributed by atoms with Crippen molar-refractivity contribution in [3.05, 3.63) is 35.9 Å². The molecule has 0 aromatic heterocycles. The summed E-state index contributed by atoms with van der Waals surface area (Å²) in [7, 11) is 0. The first-order chi connectivity index (χ1) is 7.74. The maximum Gasteiger partial charge on any atom is 0.223 e. The van der Waals surface area contributed by atoms with Crippen LogP contribution >= 0.6 is 0 Å². The van der Waals surface area contributed by atoms with Gasteiger partial charge in [-0.2, -0.15) is 0 Å². The zero-order valence-corrected chi connectivity index (χ0v) is 10.2. The van der Waals surface area contributed by atoms with Crippen LogP contribution in [-0.2, 0) is 11.3 Å². The van der Waals surface area contributed by atoms with E-state index >= 15 is 0 Å². The molecule has 16 heavy (non-hydrogen) atoms. The molecule has 0 saturated carbocycles. The Bertz CT molecular complexity index is 308. The third-order valence-electron chi connectivity index (χ3n) is 2.75. The van der Waals surface area contributed by atoms with Crippen LogP contribution in [0, 0.1) is 5.92 Å². The van der Waals surface area contributed by atoms with Crippen LogP contribution in [0.2, 0.25) is 0 Å². The highest BCUT2D eigenvalue weighted by Gasteiger charge is 2.11. The predicted molar refractivity (Wildman–Crippen MR) is 67.0 cm³/mol. The lowest BCUT2D eigenvalue weighted by atomic mass is 10.0. The van der Waals surface area contributed by atoms with Gasteiger partial charge in [0, 0.05) is 12.5 Å². The topological polar surface area (TPSA) is 29.1 Å². The molecule has 0 aliphatic heterocycles. The minimum atomic E-state index is 0.128. The summed E-state index contributed by atoms with van der Waals surface area (Å²) >= 11 is 0. The van der Waals surface area contributed by atoms with Gasteiger partial charge in [-0.3, -0.25) is 4.79 Å². The lowest BCUT2D eigenvalue weighted by Gasteiger charge is -2.11. The van der Waals surface area contributed by atoms with E-state index in [1.165, 1.54) is 0 Å². The molecule has 1 atom stereocenters. The third kappa shape index (κ3) is 4.47. The standard InChI is InChI=1S/C14H21NO/c1-3-4-8-12(2)14(16)15-11-13-9-6-5-7-10-13/h5-7,9-10,12H,3-4,8,11H2,1-2H3,(H,15,16). The summed E-state index contributed by atoms with van der Waals surface area (Å²) in [6, 6.07) is 10.0. The molecule has 88 valence electrons. The van der Waals surface area contributed by atoms with E-state index in [1.807, 2.05) is 37.3 Å². The second kappa shape index (κ2) is 7.04. The quantitative estimate of drug-likeness (QED) is 0.782. The molecular formula is C14H21NO. The number of unbranched alkanes of at least 4 members (excludes halogenated alkanes) is 1. The maximum absolute atomic E-state index is 11.7. The van der Waals surface area contributed by atoms with Crippen LogP contribution < -0.4 is 5.32 Å². The molecule has 0 spiro atoms. The third-order valence-corrected chi connectivity index (χ3v) is 2.75. The molecular weight excluding hydrogens is 198 g/mol. The molecule has 0 saturated heterocycles. The number of benzene rings is 1. The first-order valence-corrected chi connectivity index (χ1v) is 6.05. The molecule has 0 fully saturated rings. The Labute approximate surface area is 98.1 Å². The maximum atomic E-state index is 11.7. The highest BCUT2D eigenvalue weighted by atomic mass is 16.1. The molecule has 0 radical (unpaired) electrons. The second-order valence-corrected chi connectivity index (χ2v) is 4.25. The van der Waals surface area contributed by atoms with Crippen molar-refractivity contribution in [1.29, 1.82) is 0 Å². The molecule has 1 amide bonds. The van der Waals surface area contributed by atoms with Gasteiger partial charge in [0.15, 0.2) is 0 Å². The summed E-state index contributed by atoms with van der Waals surface area (Å²) in [5.41, 5.74) is 1.15. The van der Waals surface area contributed by atoms with Crippen molar-refractivity contribution in [1.82, 2.24) is 5.32 Å². The molecule has 1 rings (SSSR count). The molecule has 1 aromatic rings. The number of rotatable bonds is 6. The Morgan fingerprint density at radius 2 is 2.00 bits per heavy atom. The van der Waals surface area contributed by atoms with Gasteiger partial charge in [-0.1, -0.05) is 57.0 Å². The van der Waals surface area contributed by atoms with E-state index in [0.29, 0.717) is 6.54 Å². The second-order valence-electron chi connectivity index (χ2n) is 4.25. The summed E-state index contributed by atoms with van der Waals surface area (Å²) in [4.78, 5) is 11.7. The van der Waals surface area contributed by atoms with Crippen molar-refractivity contribution in [2.45, 2.75) is 39.7 Å². The fraction of sp³-hybridized carbons (Fsp3) is 0.500. The van der Waals surface area contributed by atoms with Crippen LogP contribution in [0.1, 0.15) is 38.7 Å². The Kier molecular flexibility index (Phi) is 5.62. The van der Waals surface area contributed by atoms with Crippen LogP contribution in [0.15, 0.2) is 30.3 Å². The normalized spacial score (nSPS) is 12.1. The lowest BCUT2D eigenvalue weighted by Crippen LogP contribution is -2.28. The number of hydrogen-bond donors (Lipinski definition) is 1. The molecule has 0 bridgehead atoms. The highest BCUT2D eigenvalue weighted by molar-refractivity contribution is 5.78. The monoisotopic (exact) mass is 219 g/mol. The summed E-state index contributed by atoms with van der Waals surface area (Å²) < 4.78 is 0.